The Labute approximate surface area is 99.3 Å². The van der Waals surface area contributed by atoms with Gasteiger partial charge in [-0.1, -0.05) is 31.6 Å². The normalized spacial score (nSPS) is 34.1. The van der Waals surface area contributed by atoms with Crippen molar-refractivity contribution in [1.29, 1.82) is 0 Å². The van der Waals surface area contributed by atoms with Crippen LogP contribution in [-0.2, 0) is 0 Å². The lowest BCUT2D eigenvalue weighted by molar-refractivity contribution is 0.0732. The fourth-order valence-electron chi connectivity index (χ4n) is 3.53. The highest BCUT2D eigenvalue weighted by molar-refractivity contribution is 5.41. The van der Waals surface area contributed by atoms with Gasteiger partial charge in [0.15, 0.2) is 0 Å². The first-order chi connectivity index (χ1) is 7.27. The summed E-state index contributed by atoms with van der Waals surface area (Å²) in [6.45, 7) is 10.6. The van der Waals surface area contributed by atoms with E-state index in [0.29, 0.717) is 11.8 Å². The molecule has 0 aliphatic heterocycles. The number of rotatable bonds is 2. The molecule has 0 saturated carbocycles. The molecular formula is C15H24O. The highest BCUT2D eigenvalue weighted by atomic mass is 16.3. The van der Waals surface area contributed by atoms with Crippen LogP contribution in [0.2, 0.25) is 0 Å². The molecular weight excluding hydrogens is 196 g/mol. The molecule has 0 heterocycles. The van der Waals surface area contributed by atoms with Gasteiger partial charge in [0.05, 0.1) is 5.60 Å². The Morgan fingerprint density at radius 3 is 2.50 bits per heavy atom. The van der Waals surface area contributed by atoms with Gasteiger partial charge in [-0.25, -0.2) is 0 Å². The van der Waals surface area contributed by atoms with Crippen LogP contribution in [0.4, 0.5) is 0 Å². The molecule has 0 aromatic rings. The maximum absolute atomic E-state index is 10.4. The smallest absolute Gasteiger partial charge is 0.0809 e. The molecule has 2 unspecified atom stereocenters. The molecule has 3 rings (SSSR count). The van der Waals surface area contributed by atoms with Crippen LogP contribution >= 0.6 is 0 Å². The SMILES string of the molecule is CC1=CC2(C(C)C)CCC1C=C2C(C)(C)O. The standard InChI is InChI=1S/C15H24O/c1-10(2)15-7-6-12(11(3)9-15)8-13(15)14(4,5)16/h8-10,12,16H,6-7H2,1-5H3. The molecule has 1 heteroatoms. The van der Waals surface area contributed by atoms with Crippen LogP contribution in [0, 0.1) is 17.3 Å². The summed E-state index contributed by atoms with van der Waals surface area (Å²) in [5.74, 6) is 1.13. The van der Waals surface area contributed by atoms with Crippen molar-refractivity contribution < 1.29 is 5.11 Å². The second-order valence-corrected chi connectivity index (χ2v) is 6.37. The topological polar surface area (TPSA) is 20.2 Å². The molecule has 0 saturated heterocycles. The number of hydrogen-bond donors (Lipinski definition) is 1. The molecule has 1 N–H and O–H groups in total. The van der Waals surface area contributed by atoms with Gasteiger partial charge in [-0.3, -0.25) is 0 Å². The third-order valence-corrected chi connectivity index (χ3v) is 4.50. The van der Waals surface area contributed by atoms with Crippen molar-refractivity contribution in [2.45, 2.75) is 53.1 Å². The summed E-state index contributed by atoms with van der Waals surface area (Å²) in [4.78, 5) is 0. The van der Waals surface area contributed by atoms with Crippen LogP contribution in [0.15, 0.2) is 23.3 Å². The molecule has 0 aromatic heterocycles. The third-order valence-electron chi connectivity index (χ3n) is 4.50. The van der Waals surface area contributed by atoms with Crippen LogP contribution in [0.3, 0.4) is 0 Å². The zero-order chi connectivity index (χ0) is 12.1. The lowest BCUT2D eigenvalue weighted by Crippen LogP contribution is -2.44. The van der Waals surface area contributed by atoms with E-state index in [2.05, 4.69) is 32.9 Å². The van der Waals surface area contributed by atoms with Gasteiger partial charge >= 0.3 is 0 Å². The number of hydrogen-bond acceptors (Lipinski definition) is 1. The van der Waals surface area contributed by atoms with E-state index in [1.54, 1.807) is 0 Å². The van der Waals surface area contributed by atoms with Crippen molar-refractivity contribution in [2.75, 3.05) is 0 Å². The van der Waals surface area contributed by atoms with E-state index in [0.717, 1.165) is 0 Å². The molecule has 3 aliphatic carbocycles. The Bertz CT molecular complexity index is 354. The van der Waals surface area contributed by atoms with Gasteiger partial charge in [0, 0.05) is 5.41 Å². The third kappa shape index (κ3) is 1.57. The first-order valence-electron chi connectivity index (χ1n) is 6.42. The predicted octanol–water partition coefficient (Wildman–Crippen LogP) is 3.70. The van der Waals surface area contributed by atoms with Crippen LogP contribution in [0.25, 0.3) is 0 Å². The molecule has 0 fully saturated rings. The lowest BCUT2D eigenvalue weighted by atomic mass is 9.55. The van der Waals surface area contributed by atoms with Gasteiger partial charge in [-0.2, -0.15) is 0 Å². The van der Waals surface area contributed by atoms with Crippen molar-refractivity contribution in [1.82, 2.24) is 0 Å². The number of fused-ring (bicyclic) bond motifs is 1. The Morgan fingerprint density at radius 1 is 1.44 bits per heavy atom. The Balaban J connectivity index is 2.52. The summed E-state index contributed by atoms with van der Waals surface area (Å²) < 4.78 is 0. The number of allylic oxidation sites excluding steroid dienone is 3. The molecule has 0 amide bonds. The highest BCUT2D eigenvalue weighted by Gasteiger charge is 2.47. The highest BCUT2D eigenvalue weighted by Crippen LogP contribution is 2.55. The first kappa shape index (κ1) is 11.9. The molecule has 90 valence electrons. The van der Waals surface area contributed by atoms with Crippen LogP contribution in [0.5, 0.6) is 0 Å². The molecule has 3 aliphatic rings. The van der Waals surface area contributed by atoms with E-state index in [9.17, 15) is 5.11 Å². The second kappa shape index (κ2) is 3.46. The molecule has 1 nitrogen and oxygen atoms in total. The summed E-state index contributed by atoms with van der Waals surface area (Å²) in [7, 11) is 0. The van der Waals surface area contributed by atoms with E-state index in [1.807, 2.05) is 13.8 Å². The molecule has 2 bridgehead atoms. The van der Waals surface area contributed by atoms with Gasteiger partial charge in [0.1, 0.15) is 0 Å². The Hall–Kier alpha value is -0.560. The van der Waals surface area contributed by atoms with Crippen molar-refractivity contribution in [3.63, 3.8) is 0 Å². The quantitative estimate of drug-likeness (QED) is 0.704. The van der Waals surface area contributed by atoms with E-state index in [1.165, 1.54) is 24.0 Å². The van der Waals surface area contributed by atoms with Crippen LogP contribution < -0.4 is 0 Å². The van der Waals surface area contributed by atoms with Crippen molar-refractivity contribution in [3.05, 3.63) is 23.3 Å². The average molecular weight is 220 g/mol. The fraction of sp³-hybridized carbons (Fsp3) is 0.733. The van der Waals surface area contributed by atoms with Gasteiger partial charge in [-0.05, 0) is 51.0 Å². The minimum absolute atomic E-state index is 0.108. The van der Waals surface area contributed by atoms with Crippen molar-refractivity contribution >= 4 is 0 Å². The summed E-state index contributed by atoms with van der Waals surface area (Å²) in [5.41, 5.74) is 2.17. The predicted molar refractivity (Wildman–Crippen MR) is 68.1 cm³/mol. The van der Waals surface area contributed by atoms with Gasteiger partial charge in [0.2, 0.25) is 0 Å². The summed E-state index contributed by atoms with van der Waals surface area (Å²) in [6, 6.07) is 0. The largest absolute Gasteiger partial charge is 0.386 e. The van der Waals surface area contributed by atoms with Gasteiger partial charge in [-0.15, -0.1) is 0 Å². The minimum atomic E-state index is -0.680. The fourth-order valence-corrected chi connectivity index (χ4v) is 3.53. The van der Waals surface area contributed by atoms with E-state index in [4.69, 9.17) is 0 Å². The first-order valence-corrected chi connectivity index (χ1v) is 6.42. The van der Waals surface area contributed by atoms with Crippen LogP contribution in [0.1, 0.15) is 47.5 Å². The Morgan fingerprint density at radius 2 is 2.06 bits per heavy atom. The summed E-state index contributed by atoms with van der Waals surface area (Å²) in [6.07, 6.45) is 7.21. The zero-order valence-electron chi connectivity index (χ0n) is 11.2. The van der Waals surface area contributed by atoms with Gasteiger partial charge in [0.25, 0.3) is 0 Å². The van der Waals surface area contributed by atoms with E-state index < -0.39 is 5.60 Å². The molecule has 2 atom stereocenters. The second-order valence-electron chi connectivity index (χ2n) is 6.37. The van der Waals surface area contributed by atoms with Crippen molar-refractivity contribution in [3.8, 4) is 0 Å². The van der Waals surface area contributed by atoms with E-state index >= 15 is 0 Å². The maximum Gasteiger partial charge on any atom is 0.0809 e. The Kier molecular flexibility index (Phi) is 2.58. The summed E-state index contributed by atoms with van der Waals surface area (Å²) in [5, 5.41) is 10.4. The monoisotopic (exact) mass is 220 g/mol. The molecule has 0 spiro atoms. The minimum Gasteiger partial charge on any atom is -0.386 e. The van der Waals surface area contributed by atoms with Crippen molar-refractivity contribution in [2.24, 2.45) is 17.3 Å². The van der Waals surface area contributed by atoms with Gasteiger partial charge < -0.3 is 5.11 Å². The van der Waals surface area contributed by atoms with E-state index in [-0.39, 0.29) is 5.41 Å². The molecule has 0 radical (unpaired) electrons. The zero-order valence-corrected chi connectivity index (χ0v) is 11.2. The summed E-state index contributed by atoms with van der Waals surface area (Å²) >= 11 is 0. The molecule has 16 heavy (non-hydrogen) atoms. The maximum atomic E-state index is 10.4. The van der Waals surface area contributed by atoms with Crippen LogP contribution in [-0.4, -0.2) is 10.7 Å². The number of aliphatic hydroxyl groups is 1. The average Bonchev–Trinajstić information content (AvgIpc) is 2.16. The lowest BCUT2D eigenvalue weighted by Gasteiger charge is -2.50. The molecule has 0 aromatic carbocycles.